The second kappa shape index (κ2) is 6.66. The predicted octanol–water partition coefficient (Wildman–Crippen LogP) is 2.32. The van der Waals surface area contributed by atoms with Crippen molar-refractivity contribution in [2.45, 2.75) is 19.3 Å². The van der Waals surface area contributed by atoms with E-state index in [0.29, 0.717) is 29.9 Å². The number of carbonyl (C=O) groups is 1. The van der Waals surface area contributed by atoms with E-state index in [4.69, 9.17) is 0 Å². The maximum atomic E-state index is 13.0. The van der Waals surface area contributed by atoms with Crippen LogP contribution in [0.5, 0.6) is 0 Å². The average Bonchev–Trinajstić information content (AvgIpc) is 3.00. The van der Waals surface area contributed by atoms with Gasteiger partial charge in [-0.25, -0.2) is 13.9 Å². The number of nitrogens with zero attached hydrogens (tertiary/aromatic N) is 2. The molecule has 24 heavy (non-hydrogen) atoms. The number of halogens is 1. The monoisotopic (exact) mass is 329 g/mol. The maximum Gasteiger partial charge on any atom is 0.305 e. The molecular weight excluding hydrogens is 313 g/mol. The molecule has 0 fully saturated rings. The standard InChI is InChI=1S/C17H16FN3O3/c1-24-17(23)4-2-3-13-9-16(22)21-15(19-13)10-14(20-21)11-5-7-12(18)8-6-11/h5-10,20H,2-4H2,1H3. The van der Waals surface area contributed by atoms with Crippen LogP contribution in [0, 0.1) is 5.82 Å². The van der Waals surface area contributed by atoms with Crippen LogP contribution in [-0.2, 0) is 16.0 Å². The van der Waals surface area contributed by atoms with Crippen LogP contribution >= 0.6 is 0 Å². The normalized spacial score (nSPS) is 10.9. The van der Waals surface area contributed by atoms with Gasteiger partial charge in [0.2, 0.25) is 0 Å². The number of hydrogen-bond acceptors (Lipinski definition) is 4. The van der Waals surface area contributed by atoms with Gasteiger partial charge in [0, 0.05) is 24.2 Å². The maximum absolute atomic E-state index is 13.0. The molecule has 3 aromatic rings. The molecule has 0 aliphatic rings. The second-order valence-corrected chi connectivity index (χ2v) is 5.39. The van der Waals surface area contributed by atoms with Crippen molar-refractivity contribution in [3.63, 3.8) is 0 Å². The van der Waals surface area contributed by atoms with Gasteiger partial charge in [0.15, 0.2) is 5.65 Å². The van der Waals surface area contributed by atoms with Crippen molar-refractivity contribution in [3.8, 4) is 11.3 Å². The van der Waals surface area contributed by atoms with Crippen LogP contribution in [0.4, 0.5) is 4.39 Å². The van der Waals surface area contributed by atoms with Gasteiger partial charge in [-0.2, -0.15) is 0 Å². The van der Waals surface area contributed by atoms with Gasteiger partial charge < -0.3 is 4.74 Å². The molecule has 0 saturated carbocycles. The lowest BCUT2D eigenvalue weighted by molar-refractivity contribution is -0.140. The Morgan fingerprint density at radius 1 is 1.29 bits per heavy atom. The first-order valence-corrected chi connectivity index (χ1v) is 7.51. The average molecular weight is 329 g/mol. The van der Waals surface area contributed by atoms with Crippen molar-refractivity contribution in [3.05, 3.63) is 58.3 Å². The molecule has 2 heterocycles. The molecule has 0 aliphatic carbocycles. The third-order valence-electron chi connectivity index (χ3n) is 3.70. The molecule has 0 saturated heterocycles. The second-order valence-electron chi connectivity index (χ2n) is 5.39. The number of methoxy groups -OCH3 is 1. The molecule has 7 heteroatoms. The van der Waals surface area contributed by atoms with Crippen LogP contribution in [0.2, 0.25) is 0 Å². The Hall–Kier alpha value is -2.96. The molecule has 0 radical (unpaired) electrons. The van der Waals surface area contributed by atoms with Crippen molar-refractivity contribution in [2.24, 2.45) is 0 Å². The lowest BCUT2D eigenvalue weighted by Crippen LogP contribution is -2.15. The summed E-state index contributed by atoms with van der Waals surface area (Å²) in [5, 5.41) is 2.96. The Balaban J connectivity index is 1.86. The minimum Gasteiger partial charge on any atom is -0.469 e. The Morgan fingerprint density at radius 3 is 2.75 bits per heavy atom. The first-order chi connectivity index (χ1) is 11.6. The number of aromatic nitrogens is 3. The number of ether oxygens (including phenoxy) is 1. The zero-order valence-corrected chi connectivity index (χ0v) is 13.1. The molecule has 1 aromatic carbocycles. The number of hydrogen-bond donors (Lipinski definition) is 1. The number of aryl methyl sites for hydroxylation is 1. The van der Waals surface area contributed by atoms with E-state index in [2.05, 4.69) is 14.8 Å². The van der Waals surface area contributed by atoms with Gasteiger partial charge in [-0.15, -0.1) is 0 Å². The number of carbonyl (C=O) groups excluding carboxylic acids is 1. The molecule has 0 amide bonds. The SMILES string of the molecule is COC(=O)CCCc1cc(=O)n2[nH]c(-c3ccc(F)cc3)cc2n1. The van der Waals surface area contributed by atoms with Gasteiger partial charge in [0.1, 0.15) is 5.82 Å². The van der Waals surface area contributed by atoms with E-state index < -0.39 is 0 Å². The van der Waals surface area contributed by atoms with Crippen LogP contribution in [0.3, 0.4) is 0 Å². The summed E-state index contributed by atoms with van der Waals surface area (Å²) in [5.41, 5.74) is 2.30. The van der Waals surface area contributed by atoms with Crippen LogP contribution in [-0.4, -0.2) is 27.7 Å². The molecule has 124 valence electrons. The molecule has 0 unspecified atom stereocenters. The fourth-order valence-electron chi connectivity index (χ4n) is 2.46. The van der Waals surface area contributed by atoms with Crippen molar-refractivity contribution < 1.29 is 13.9 Å². The Bertz CT molecular complexity index is 928. The zero-order chi connectivity index (χ0) is 17.1. The van der Waals surface area contributed by atoms with Gasteiger partial charge in [-0.1, -0.05) is 0 Å². The number of rotatable bonds is 5. The van der Waals surface area contributed by atoms with Crippen LogP contribution < -0.4 is 5.56 Å². The summed E-state index contributed by atoms with van der Waals surface area (Å²) >= 11 is 0. The van der Waals surface area contributed by atoms with E-state index in [9.17, 15) is 14.0 Å². The van der Waals surface area contributed by atoms with E-state index in [1.165, 1.54) is 29.8 Å². The third kappa shape index (κ3) is 3.34. The quantitative estimate of drug-likeness (QED) is 0.729. The summed E-state index contributed by atoms with van der Waals surface area (Å²) < 4.78 is 18.9. The number of aromatic amines is 1. The summed E-state index contributed by atoms with van der Waals surface area (Å²) in [6.45, 7) is 0. The number of esters is 1. The Labute approximate surface area is 136 Å². The summed E-state index contributed by atoms with van der Waals surface area (Å²) in [6.07, 6.45) is 1.36. The fraction of sp³-hybridized carbons (Fsp3) is 0.235. The molecular formula is C17H16FN3O3. The van der Waals surface area contributed by atoms with E-state index in [-0.39, 0.29) is 23.8 Å². The van der Waals surface area contributed by atoms with Crippen LogP contribution in [0.25, 0.3) is 16.9 Å². The summed E-state index contributed by atoms with van der Waals surface area (Å²) in [6, 6.07) is 9.14. The van der Waals surface area contributed by atoms with Gasteiger partial charge in [-0.3, -0.25) is 14.7 Å². The predicted molar refractivity (Wildman–Crippen MR) is 86.2 cm³/mol. The smallest absolute Gasteiger partial charge is 0.305 e. The number of fused-ring (bicyclic) bond motifs is 1. The highest BCUT2D eigenvalue weighted by Gasteiger charge is 2.09. The van der Waals surface area contributed by atoms with E-state index in [0.717, 1.165) is 5.56 Å². The summed E-state index contributed by atoms with van der Waals surface area (Å²) in [5.74, 6) is -0.605. The number of benzene rings is 1. The van der Waals surface area contributed by atoms with Gasteiger partial charge >= 0.3 is 5.97 Å². The summed E-state index contributed by atoms with van der Waals surface area (Å²) in [7, 11) is 1.34. The largest absolute Gasteiger partial charge is 0.469 e. The zero-order valence-electron chi connectivity index (χ0n) is 13.1. The van der Waals surface area contributed by atoms with Crippen LogP contribution in [0.1, 0.15) is 18.5 Å². The first-order valence-electron chi connectivity index (χ1n) is 7.51. The minimum atomic E-state index is -0.321. The lowest BCUT2D eigenvalue weighted by atomic mass is 10.1. The Morgan fingerprint density at radius 2 is 2.04 bits per heavy atom. The molecule has 1 N–H and O–H groups in total. The number of H-pyrrole nitrogens is 1. The third-order valence-corrected chi connectivity index (χ3v) is 3.70. The molecule has 2 aromatic heterocycles. The van der Waals surface area contributed by atoms with E-state index in [1.54, 1.807) is 18.2 Å². The minimum absolute atomic E-state index is 0.235. The lowest BCUT2D eigenvalue weighted by Gasteiger charge is -2.01. The van der Waals surface area contributed by atoms with Crippen molar-refractivity contribution in [1.82, 2.24) is 14.6 Å². The van der Waals surface area contributed by atoms with Crippen LogP contribution in [0.15, 0.2) is 41.2 Å². The van der Waals surface area contributed by atoms with E-state index in [1.807, 2.05) is 0 Å². The molecule has 3 rings (SSSR count). The molecule has 0 bridgehead atoms. The van der Waals surface area contributed by atoms with Gasteiger partial charge in [-0.05, 0) is 42.7 Å². The van der Waals surface area contributed by atoms with E-state index >= 15 is 0 Å². The van der Waals surface area contributed by atoms with Gasteiger partial charge in [0.05, 0.1) is 12.8 Å². The highest BCUT2D eigenvalue weighted by molar-refractivity contribution is 5.69. The topological polar surface area (TPSA) is 76.5 Å². The van der Waals surface area contributed by atoms with Crippen molar-refractivity contribution >= 4 is 11.6 Å². The highest BCUT2D eigenvalue weighted by Crippen LogP contribution is 2.19. The number of nitrogens with one attached hydrogen (secondary N) is 1. The molecule has 0 aliphatic heterocycles. The summed E-state index contributed by atoms with van der Waals surface area (Å²) in [4.78, 5) is 27.7. The van der Waals surface area contributed by atoms with Crippen molar-refractivity contribution in [2.75, 3.05) is 7.11 Å². The molecule has 0 atom stereocenters. The molecule has 6 nitrogen and oxygen atoms in total. The molecule has 0 spiro atoms. The van der Waals surface area contributed by atoms with Gasteiger partial charge in [0.25, 0.3) is 5.56 Å². The highest BCUT2D eigenvalue weighted by atomic mass is 19.1. The van der Waals surface area contributed by atoms with Crippen molar-refractivity contribution in [1.29, 1.82) is 0 Å². The first kappa shape index (κ1) is 15.9. The Kier molecular flexibility index (Phi) is 4.41. The fourth-order valence-corrected chi connectivity index (χ4v) is 2.46.